The highest BCUT2D eigenvalue weighted by atomic mass is 16.2. The molecule has 150 valence electrons. The van der Waals surface area contributed by atoms with Gasteiger partial charge >= 0.3 is 0 Å². The van der Waals surface area contributed by atoms with Crippen LogP contribution in [0.15, 0.2) is 83.2 Å². The van der Waals surface area contributed by atoms with E-state index in [9.17, 15) is 10.1 Å². The van der Waals surface area contributed by atoms with E-state index in [1.54, 1.807) is 13.0 Å². The zero-order valence-corrected chi connectivity index (χ0v) is 16.8. The molecule has 0 unspecified atom stereocenters. The number of anilines is 1. The van der Waals surface area contributed by atoms with E-state index in [0.29, 0.717) is 29.1 Å². The van der Waals surface area contributed by atoms with Crippen LogP contribution in [0, 0.1) is 11.3 Å². The minimum Gasteiger partial charge on any atom is -0.354 e. The van der Waals surface area contributed by atoms with Crippen molar-refractivity contribution in [3.05, 3.63) is 101 Å². The lowest BCUT2D eigenvalue weighted by molar-refractivity contribution is -0.116. The first-order valence-electron chi connectivity index (χ1n) is 9.83. The lowest BCUT2D eigenvalue weighted by atomic mass is 9.94. The fourth-order valence-corrected chi connectivity index (χ4v) is 3.84. The highest BCUT2D eigenvalue weighted by Gasteiger charge is 2.27. The number of amides is 1. The number of carbonyl (C=O) groups is 1. The predicted molar refractivity (Wildman–Crippen MR) is 118 cm³/mol. The number of carbonyl (C=O) groups excluding carboxylic acids is 1. The van der Waals surface area contributed by atoms with Crippen molar-refractivity contribution in [1.82, 2.24) is 15.2 Å². The van der Waals surface area contributed by atoms with E-state index in [0.717, 1.165) is 28.1 Å². The fourth-order valence-electron chi connectivity index (χ4n) is 3.84. The molecule has 1 amide bonds. The lowest BCUT2D eigenvalue weighted by Gasteiger charge is -2.21. The molecular weight excluding hydrogens is 388 g/mol. The standard InChI is InChI=1S/C24H18N6O/c1-15-23(24(31)28-27-15)22-12-19(18-8-4-5-9-20(18)26-22)21-10-11-30(29-21)14-17-7-3-2-6-16(17)13-25/h2-12,26H,14H2,1H3,(H,28,31)/b23-22-. The second kappa shape index (κ2) is 7.43. The van der Waals surface area contributed by atoms with E-state index in [1.807, 2.05) is 65.5 Å². The van der Waals surface area contributed by atoms with Crippen molar-refractivity contribution in [1.29, 1.82) is 5.26 Å². The van der Waals surface area contributed by atoms with Gasteiger partial charge in [-0.25, -0.2) is 5.43 Å². The second-order valence-corrected chi connectivity index (χ2v) is 7.32. The summed E-state index contributed by atoms with van der Waals surface area (Å²) in [6.45, 7) is 2.30. The Balaban J connectivity index is 1.57. The van der Waals surface area contributed by atoms with E-state index in [-0.39, 0.29) is 5.91 Å². The Morgan fingerprint density at radius 2 is 1.90 bits per heavy atom. The number of hydrogen-bond donors (Lipinski definition) is 2. The van der Waals surface area contributed by atoms with Gasteiger partial charge in [-0.3, -0.25) is 9.48 Å². The first-order chi connectivity index (χ1) is 15.1. The molecule has 0 spiro atoms. The topological polar surface area (TPSA) is 95.1 Å². The molecule has 7 heteroatoms. The average Bonchev–Trinajstić information content (AvgIpc) is 3.39. The van der Waals surface area contributed by atoms with E-state index < -0.39 is 0 Å². The number of hydrazone groups is 1. The third kappa shape index (κ3) is 3.30. The van der Waals surface area contributed by atoms with Crippen molar-refractivity contribution in [2.24, 2.45) is 5.10 Å². The summed E-state index contributed by atoms with van der Waals surface area (Å²) in [4.78, 5) is 12.3. The van der Waals surface area contributed by atoms with E-state index in [4.69, 9.17) is 5.10 Å². The van der Waals surface area contributed by atoms with Crippen LogP contribution < -0.4 is 10.7 Å². The summed E-state index contributed by atoms with van der Waals surface area (Å²) < 4.78 is 1.82. The van der Waals surface area contributed by atoms with E-state index in [2.05, 4.69) is 21.9 Å². The number of fused-ring (bicyclic) bond motifs is 1. The van der Waals surface area contributed by atoms with Crippen molar-refractivity contribution < 1.29 is 4.79 Å². The largest absolute Gasteiger partial charge is 0.354 e. The van der Waals surface area contributed by atoms with Gasteiger partial charge < -0.3 is 5.32 Å². The van der Waals surface area contributed by atoms with Crippen LogP contribution in [0.2, 0.25) is 0 Å². The quantitative estimate of drug-likeness (QED) is 0.652. The molecule has 2 aromatic carbocycles. The molecule has 2 aliphatic heterocycles. The van der Waals surface area contributed by atoms with Gasteiger partial charge in [-0.2, -0.15) is 15.5 Å². The normalized spacial score (nSPS) is 17.2. The molecule has 7 nitrogen and oxygen atoms in total. The molecule has 0 saturated carbocycles. The smallest absolute Gasteiger partial charge is 0.275 e. The van der Waals surface area contributed by atoms with Crippen LogP contribution in [0.25, 0.3) is 5.57 Å². The molecule has 3 aromatic rings. The molecule has 3 heterocycles. The van der Waals surface area contributed by atoms with E-state index in [1.165, 1.54) is 0 Å². The molecule has 2 aliphatic rings. The lowest BCUT2D eigenvalue weighted by Crippen LogP contribution is -2.19. The molecule has 0 saturated heterocycles. The average molecular weight is 406 g/mol. The molecule has 5 rings (SSSR count). The van der Waals surface area contributed by atoms with Crippen molar-refractivity contribution in [2.45, 2.75) is 13.5 Å². The van der Waals surface area contributed by atoms with Gasteiger partial charge in [-0.15, -0.1) is 0 Å². The first-order valence-corrected chi connectivity index (χ1v) is 9.83. The second-order valence-electron chi connectivity index (χ2n) is 7.32. The van der Waals surface area contributed by atoms with Gasteiger partial charge in [0.15, 0.2) is 0 Å². The van der Waals surface area contributed by atoms with Crippen LogP contribution in [0.5, 0.6) is 0 Å². The van der Waals surface area contributed by atoms with Crippen molar-refractivity contribution in [3.63, 3.8) is 0 Å². The molecule has 0 atom stereocenters. The van der Waals surface area contributed by atoms with Crippen LogP contribution in [0.1, 0.15) is 29.3 Å². The Kier molecular flexibility index (Phi) is 4.45. The number of nitrogens with one attached hydrogen (secondary N) is 2. The third-order valence-corrected chi connectivity index (χ3v) is 5.35. The van der Waals surface area contributed by atoms with Crippen LogP contribution in [0.4, 0.5) is 5.69 Å². The summed E-state index contributed by atoms with van der Waals surface area (Å²) in [5, 5.41) is 21.5. The molecule has 1 aromatic heterocycles. The molecule has 0 aliphatic carbocycles. The summed E-state index contributed by atoms with van der Waals surface area (Å²) >= 11 is 0. The Morgan fingerprint density at radius 1 is 1.10 bits per heavy atom. The zero-order chi connectivity index (χ0) is 21.4. The van der Waals surface area contributed by atoms with Crippen LogP contribution in [-0.2, 0) is 11.3 Å². The summed E-state index contributed by atoms with van der Waals surface area (Å²) in [5.41, 5.74) is 9.52. The van der Waals surface area contributed by atoms with Gasteiger partial charge in [0.25, 0.3) is 5.91 Å². The van der Waals surface area contributed by atoms with Gasteiger partial charge in [0.1, 0.15) is 0 Å². The van der Waals surface area contributed by atoms with Gasteiger partial charge in [0.05, 0.1) is 40.9 Å². The first kappa shape index (κ1) is 18.6. The number of aromatic nitrogens is 2. The van der Waals surface area contributed by atoms with Gasteiger partial charge in [-0.05, 0) is 36.8 Å². The van der Waals surface area contributed by atoms with Crippen molar-refractivity contribution >= 4 is 22.9 Å². The predicted octanol–water partition coefficient (Wildman–Crippen LogP) is 3.42. The maximum atomic E-state index is 12.3. The highest BCUT2D eigenvalue weighted by molar-refractivity contribution is 6.25. The summed E-state index contributed by atoms with van der Waals surface area (Å²) in [5.74, 6) is -0.228. The number of allylic oxidation sites excluding steroid dienone is 1. The molecule has 0 radical (unpaired) electrons. The monoisotopic (exact) mass is 406 g/mol. The Bertz CT molecular complexity index is 1350. The molecule has 2 N–H and O–H groups in total. The SMILES string of the molecule is CC1=NNC(=O)/C1=C1/C=C(c2ccn(Cc3ccccc3C#N)n2)c2ccccc2N1. The van der Waals surface area contributed by atoms with Crippen molar-refractivity contribution in [2.75, 3.05) is 5.32 Å². The minimum atomic E-state index is -0.228. The Morgan fingerprint density at radius 3 is 2.71 bits per heavy atom. The number of rotatable bonds is 3. The minimum absolute atomic E-state index is 0.228. The molecule has 0 bridgehead atoms. The van der Waals surface area contributed by atoms with Crippen LogP contribution >= 0.6 is 0 Å². The zero-order valence-electron chi connectivity index (χ0n) is 16.8. The van der Waals surface area contributed by atoms with Crippen LogP contribution in [0.3, 0.4) is 0 Å². The Labute approximate surface area is 179 Å². The number of para-hydroxylation sites is 1. The maximum absolute atomic E-state index is 12.3. The molecular formula is C24H18N6O. The van der Waals surface area contributed by atoms with Gasteiger partial charge in [-0.1, -0.05) is 36.4 Å². The number of hydrogen-bond acceptors (Lipinski definition) is 5. The highest BCUT2D eigenvalue weighted by Crippen LogP contribution is 2.35. The third-order valence-electron chi connectivity index (χ3n) is 5.35. The summed E-state index contributed by atoms with van der Waals surface area (Å²) in [7, 11) is 0. The number of nitrogens with zero attached hydrogens (tertiary/aromatic N) is 4. The molecule has 31 heavy (non-hydrogen) atoms. The maximum Gasteiger partial charge on any atom is 0.275 e. The summed E-state index contributed by atoms with van der Waals surface area (Å²) in [6.07, 6.45) is 3.84. The molecule has 0 fully saturated rings. The Hall–Kier alpha value is -4.44. The van der Waals surface area contributed by atoms with Gasteiger partial charge in [0, 0.05) is 23.0 Å². The fraction of sp³-hybridized carbons (Fsp3) is 0.0833. The van der Waals surface area contributed by atoms with E-state index >= 15 is 0 Å². The van der Waals surface area contributed by atoms with Crippen LogP contribution in [-0.4, -0.2) is 21.4 Å². The summed E-state index contributed by atoms with van der Waals surface area (Å²) in [6, 6.07) is 19.6. The number of benzene rings is 2. The van der Waals surface area contributed by atoms with Crippen molar-refractivity contribution in [3.8, 4) is 6.07 Å². The van der Waals surface area contributed by atoms with Gasteiger partial charge in [0.2, 0.25) is 0 Å². The number of nitriles is 1.